The fraction of sp³-hybridized carbons (Fsp3) is 0.200. The van der Waals surface area contributed by atoms with Crippen molar-refractivity contribution in [2.24, 2.45) is 0 Å². The number of anilines is 2. The van der Waals surface area contributed by atoms with Gasteiger partial charge in [-0.25, -0.2) is 9.97 Å². The van der Waals surface area contributed by atoms with E-state index in [1.165, 1.54) is 11.3 Å². The molecule has 7 heteroatoms. The lowest BCUT2D eigenvalue weighted by Crippen LogP contribution is -2.08. The second-order valence-electron chi connectivity index (χ2n) is 3.83. The molecule has 0 bridgehead atoms. The Morgan fingerprint density at radius 1 is 1.41 bits per heavy atom. The Morgan fingerprint density at radius 2 is 2.24 bits per heavy atom. The number of nitrogens with two attached hydrogens (primary N) is 1. The minimum absolute atomic E-state index is 0.536. The van der Waals surface area contributed by atoms with Gasteiger partial charge in [-0.05, 0) is 0 Å². The molecule has 0 aromatic carbocycles. The molecule has 0 amide bonds. The Labute approximate surface area is 101 Å². The molecule has 17 heavy (non-hydrogen) atoms. The maximum atomic E-state index is 5.75. The zero-order valence-electron chi connectivity index (χ0n) is 9.41. The number of imidazole rings is 1. The minimum Gasteiger partial charge on any atom is -0.422 e. The van der Waals surface area contributed by atoms with Crippen LogP contribution in [0.5, 0.6) is 0 Å². The Bertz CT molecular complexity index is 665. The van der Waals surface area contributed by atoms with Crippen LogP contribution in [0.4, 0.5) is 11.8 Å². The molecule has 0 radical (unpaired) electrons. The molecule has 3 heterocycles. The first kappa shape index (κ1) is 10.2. The molecule has 3 rings (SSSR count). The van der Waals surface area contributed by atoms with E-state index in [0.717, 1.165) is 10.5 Å². The molecule has 0 aliphatic rings. The number of nitrogens with zero attached hydrogens (tertiary/aromatic N) is 4. The van der Waals surface area contributed by atoms with Crippen molar-refractivity contribution in [3.8, 4) is 11.5 Å². The van der Waals surface area contributed by atoms with Crippen LogP contribution in [0.25, 0.3) is 16.3 Å². The quantitative estimate of drug-likeness (QED) is 0.748. The predicted octanol–water partition coefficient (Wildman–Crippen LogP) is 1.70. The van der Waals surface area contributed by atoms with Gasteiger partial charge in [-0.3, -0.25) is 4.40 Å². The second kappa shape index (κ2) is 3.49. The number of nitrogen functional groups attached to an aromatic ring is 1. The highest BCUT2D eigenvalue weighted by Crippen LogP contribution is 2.30. The van der Waals surface area contributed by atoms with Crippen LogP contribution in [0, 0.1) is 0 Å². The van der Waals surface area contributed by atoms with Gasteiger partial charge in [0.2, 0.25) is 0 Å². The molecule has 0 aliphatic heterocycles. The molecule has 0 saturated heterocycles. The van der Waals surface area contributed by atoms with Gasteiger partial charge in [-0.1, -0.05) is 0 Å². The zero-order valence-corrected chi connectivity index (χ0v) is 10.2. The van der Waals surface area contributed by atoms with Gasteiger partial charge in [0.05, 0.1) is 6.20 Å². The third kappa shape index (κ3) is 1.47. The summed E-state index contributed by atoms with van der Waals surface area (Å²) in [6.07, 6.45) is 3.39. The van der Waals surface area contributed by atoms with E-state index in [0.29, 0.717) is 17.6 Å². The summed E-state index contributed by atoms with van der Waals surface area (Å²) in [5.74, 6) is 1.24. The van der Waals surface area contributed by atoms with Crippen LogP contribution in [-0.4, -0.2) is 28.5 Å². The summed E-state index contributed by atoms with van der Waals surface area (Å²) in [5, 5.41) is 1.98. The summed E-state index contributed by atoms with van der Waals surface area (Å²) in [6, 6.07) is 0.576. The van der Waals surface area contributed by atoms with Crippen molar-refractivity contribution in [3.63, 3.8) is 0 Å². The standard InChI is InChI=1S/C10H11N5OS/c1-14(2)10-12-3-7(16-10)6-4-17-9-8(11)13-5-15(6)9/h3-5H,11H2,1-2H3. The Kier molecular flexibility index (Phi) is 2.08. The molecule has 0 saturated carbocycles. The van der Waals surface area contributed by atoms with Crippen LogP contribution in [0.3, 0.4) is 0 Å². The van der Waals surface area contributed by atoms with Gasteiger partial charge < -0.3 is 15.1 Å². The van der Waals surface area contributed by atoms with Crippen molar-refractivity contribution >= 4 is 28.0 Å². The predicted molar refractivity (Wildman–Crippen MR) is 67.3 cm³/mol. The largest absolute Gasteiger partial charge is 0.422 e. The summed E-state index contributed by atoms with van der Waals surface area (Å²) < 4.78 is 7.54. The van der Waals surface area contributed by atoms with Gasteiger partial charge >= 0.3 is 0 Å². The maximum Gasteiger partial charge on any atom is 0.297 e. The van der Waals surface area contributed by atoms with E-state index >= 15 is 0 Å². The molecule has 3 aromatic heterocycles. The third-order valence-electron chi connectivity index (χ3n) is 2.42. The van der Waals surface area contributed by atoms with Gasteiger partial charge in [0.15, 0.2) is 11.6 Å². The highest BCUT2D eigenvalue weighted by Gasteiger charge is 2.14. The van der Waals surface area contributed by atoms with E-state index < -0.39 is 0 Å². The molecular weight excluding hydrogens is 238 g/mol. The smallest absolute Gasteiger partial charge is 0.297 e. The van der Waals surface area contributed by atoms with Crippen molar-refractivity contribution in [1.82, 2.24) is 14.4 Å². The molecule has 0 fully saturated rings. The van der Waals surface area contributed by atoms with E-state index in [2.05, 4.69) is 9.97 Å². The topological polar surface area (TPSA) is 72.6 Å². The van der Waals surface area contributed by atoms with Crippen molar-refractivity contribution in [2.75, 3.05) is 24.7 Å². The lowest BCUT2D eigenvalue weighted by Gasteiger charge is -2.04. The molecule has 0 aliphatic carbocycles. The second-order valence-corrected chi connectivity index (χ2v) is 4.69. The summed E-state index contributed by atoms with van der Waals surface area (Å²) in [6.45, 7) is 0. The van der Waals surface area contributed by atoms with Crippen LogP contribution in [-0.2, 0) is 0 Å². The van der Waals surface area contributed by atoms with Gasteiger partial charge in [0.1, 0.15) is 16.9 Å². The van der Waals surface area contributed by atoms with E-state index in [-0.39, 0.29) is 0 Å². The Balaban J connectivity index is 2.13. The maximum absolute atomic E-state index is 5.75. The van der Waals surface area contributed by atoms with Crippen LogP contribution in [0.15, 0.2) is 22.3 Å². The van der Waals surface area contributed by atoms with Crippen LogP contribution >= 0.6 is 11.3 Å². The molecule has 0 atom stereocenters. The summed E-state index contributed by atoms with van der Waals surface area (Å²) in [5.41, 5.74) is 6.66. The summed E-state index contributed by atoms with van der Waals surface area (Å²) in [4.78, 5) is 11.0. The molecule has 3 aromatic rings. The van der Waals surface area contributed by atoms with E-state index in [4.69, 9.17) is 10.2 Å². The average molecular weight is 249 g/mol. The van der Waals surface area contributed by atoms with E-state index in [9.17, 15) is 0 Å². The number of rotatable bonds is 2. The number of oxazole rings is 1. The lowest BCUT2D eigenvalue weighted by atomic mass is 10.4. The van der Waals surface area contributed by atoms with Crippen molar-refractivity contribution in [1.29, 1.82) is 0 Å². The fourth-order valence-corrected chi connectivity index (χ4v) is 2.46. The van der Waals surface area contributed by atoms with Gasteiger partial charge in [0, 0.05) is 19.5 Å². The highest BCUT2D eigenvalue weighted by molar-refractivity contribution is 7.16. The van der Waals surface area contributed by atoms with Crippen molar-refractivity contribution < 1.29 is 4.42 Å². The SMILES string of the molecule is CN(C)c1ncc(-c2csc3c(N)ncn23)o1. The number of fused-ring (bicyclic) bond motifs is 1. The van der Waals surface area contributed by atoms with Crippen molar-refractivity contribution in [2.45, 2.75) is 0 Å². The van der Waals surface area contributed by atoms with Gasteiger partial charge in [0.25, 0.3) is 6.01 Å². The fourth-order valence-electron chi connectivity index (χ4n) is 1.58. The number of thiazole rings is 1. The normalized spacial score (nSPS) is 11.2. The number of aromatic nitrogens is 3. The third-order valence-corrected chi connectivity index (χ3v) is 3.39. The van der Waals surface area contributed by atoms with Crippen LogP contribution in [0.1, 0.15) is 0 Å². The Hall–Kier alpha value is -2.02. The van der Waals surface area contributed by atoms with E-state index in [1.807, 2.05) is 28.8 Å². The van der Waals surface area contributed by atoms with E-state index in [1.54, 1.807) is 12.5 Å². The van der Waals surface area contributed by atoms with Gasteiger partial charge in [-0.2, -0.15) is 0 Å². The highest BCUT2D eigenvalue weighted by atomic mass is 32.1. The number of hydrogen-bond acceptors (Lipinski definition) is 6. The zero-order chi connectivity index (χ0) is 12.0. The first-order chi connectivity index (χ1) is 8.16. The first-order valence-corrected chi connectivity index (χ1v) is 5.88. The van der Waals surface area contributed by atoms with Crippen LogP contribution in [0.2, 0.25) is 0 Å². The molecule has 0 spiro atoms. The number of hydrogen-bond donors (Lipinski definition) is 1. The molecule has 6 nitrogen and oxygen atoms in total. The molecule has 88 valence electrons. The average Bonchev–Trinajstić information content (AvgIpc) is 2.95. The molecular formula is C10H11N5OS. The minimum atomic E-state index is 0.536. The molecule has 2 N–H and O–H groups in total. The van der Waals surface area contributed by atoms with Crippen LogP contribution < -0.4 is 10.6 Å². The summed E-state index contributed by atoms with van der Waals surface area (Å²) in [7, 11) is 3.77. The monoisotopic (exact) mass is 249 g/mol. The Morgan fingerprint density at radius 3 is 2.94 bits per heavy atom. The first-order valence-electron chi connectivity index (χ1n) is 5.00. The van der Waals surface area contributed by atoms with Crippen molar-refractivity contribution in [3.05, 3.63) is 17.9 Å². The lowest BCUT2D eigenvalue weighted by molar-refractivity contribution is 0.567. The molecule has 0 unspecified atom stereocenters. The summed E-state index contributed by atoms with van der Waals surface area (Å²) >= 11 is 1.53. The van der Waals surface area contributed by atoms with Gasteiger partial charge in [-0.15, -0.1) is 11.3 Å².